The van der Waals surface area contributed by atoms with E-state index in [0.717, 1.165) is 21.9 Å². The average molecular weight is 404 g/mol. The molecule has 0 aliphatic heterocycles. The largest absolute Gasteiger partial charge is 0.491 e. The number of carbonyl (C=O) groups is 1. The summed E-state index contributed by atoms with van der Waals surface area (Å²) < 4.78 is 31.0. The highest BCUT2D eigenvalue weighted by molar-refractivity contribution is 7.92. The van der Waals surface area contributed by atoms with Crippen LogP contribution in [-0.4, -0.2) is 38.9 Å². The van der Waals surface area contributed by atoms with E-state index in [0.29, 0.717) is 5.69 Å². The van der Waals surface area contributed by atoms with Gasteiger partial charge >= 0.3 is 0 Å². The van der Waals surface area contributed by atoms with Gasteiger partial charge in [-0.05, 0) is 62.7 Å². The SMILES string of the molecule is CC(C)Oc1ccc(/C=N\NC(=O)[C@@H](C)N(c2ccccc2)S(C)(=O)=O)cc1. The van der Waals surface area contributed by atoms with Crippen molar-refractivity contribution in [2.75, 3.05) is 10.6 Å². The molecule has 0 aliphatic rings. The molecule has 0 fully saturated rings. The summed E-state index contributed by atoms with van der Waals surface area (Å²) in [4.78, 5) is 12.4. The molecule has 0 saturated carbocycles. The van der Waals surface area contributed by atoms with E-state index in [9.17, 15) is 13.2 Å². The Morgan fingerprint density at radius 3 is 2.21 bits per heavy atom. The minimum absolute atomic E-state index is 0.0858. The van der Waals surface area contributed by atoms with Crippen molar-refractivity contribution in [2.24, 2.45) is 5.10 Å². The second-order valence-electron chi connectivity index (χ2n) is 6.54. The number of hydrogen-bond donors (Lipinski definition) is 1. The van der Waals surface area contributed by atoms with Crippen molar-refractivity contribution < 1.29 is 17.9 Å². The first-order chi connectivity index (χ1) is 13.2. The van der Waals surface area contributed by atoms with Crippen LogP contribution in [-0.2, 0) is 14.8 Å². The van der Waals surface area contributed by atoms with Crippen LogP contribution in [0.3, 0.4) is 0 Å². The lowest BCUT2D eigenvalue weighted by Gasteiger charge is -2.27. The summed E-state index contributed by atoms with van der Waals surface area (Å²) in [6, 6.07) is 14.7. The minimum atomic E-state index is -3.65. The molecule has 2 rings (SSSR count). The molecule has 0 unspecified atom stereocenters. The summed E-state index contributed by atoms with van der Waals surface area (Å²) in [7, 11) is -3.65. The molecular weight excluding hydrogens is 378 g/mol. The topological polar surface area (TPSA) is 88.1 Å². The summed E-state index contributed by atoms with van der Waals surface area (Å²) in [5, 5.41) is 3.92. The first kappa shape index (κ1) is 21.4. The fraction of sp³-hybridized carbons (Fsp3) is 0.300. The number of anilines is 1. The number of ether oxygens (including phenoxy) is 1. The summed E-state index contributed by atoms with van der Waals surface area (Å²) >= 11 is 0. The van der Waals surface area contributed by atoms with Crippen molar-refractivity contribution >= 4 is 27.8 Å². The van der Waals surface area contributed by atoms with Crippen molar-refractivity contribution in [3.05, 3.63) is 60.2 Å². The van der Waals surface area contributed by atoms with E-state index in [1.165, 1.54) is 13.1 Å². The normalized spacial score (nSPS) is 12.8. The zero-order valence-corrected chi connectivity index (χ0v) is 17.2. The second-order valence-corrected chi connectivity index (χ2v) is 8.40. The van der Waals surface area contributed by atoms with Crippen molar-refractivity contribution in [2.45, 2.75) is 32.9 Å². The molecule has 7 nitrogen and oxygen atoms in total. The molecule has 2 aromatic rings. The fourth-order valence-corrected chi connectivity index (χ4v) is 3.73. The number of carbonyl (C=O) groups excluding carboxylic acids is 1. The van der Waals surface area contributed by atoms with E-state index >= 15 is 0 Å². The molecule has 28 heavy (non-hydrogen) atoms. The van der Waals surface area contributed by atoms with E-state index in [4.69, 9.17) is 4.74 Å². The molecule has 8 heteroatoms. The Morgan fingerprint density at radius 1 is 1.07 bits per heavy atom. The minimum Gasteiger partial charge on any atom is -0.491 e. The fourth-order valence-electron chi connectivity index (χ4n) is 2.55. The molecule has 0 aliphatic carbocycles. The Bertz CT molecular complexity index is 910. The van der Waals surface area contributed by atoms with Crippen molar-refractivity contribution in [1.82, 2.24) is 5.43 Å². The lowest BCUT2D eigenvalue weighted by molar-refractivity contribution is -0.121. The molecule has 0 spiro atoms. The van der Waals surface area contributed by atoms with Crippen LogP contribution in [0.2, 0.25) is 0 Å². The number of benzene rings is 2. The molecule has 2 aromatic carbocycles. The number of rotatable bonds is 8. The van der Waals surface area contributed by atoms with Crippen LogP contribution < -0.4 is 14.5 Å². The third-order valence-corrected chi connectivity index (χ3v) is 4.98. The van der Waals surface area contributed by atoms with E-state index in [2.05, 4.69) is 10.5 Å². The maximum absolute atomic E-state index is 12.4. The van der Waals surface area contributed by atoms with Gasteiger partial charge in [0.15, 0.2) is 0 Å². The molecule has 150 valence electrons. The molecule has 0 aromatic heterocycles. The smallest absolute Gasteiger partial charge is 0.263 e. The van der Waals surface area contributed by atoms with Crippen LogP contribution in [0.15, 0.2) is 59.7 Å². The van der Waals surface area contributed by atoms with Crippen LogP contribution in [0.1, 0.15) is 26.3 Å². The quantitative estimate of drug-likeness (QED) is 0.542. The van der Waals surface area contributed by atoms with E-state index in [1.807, 2.05) is 38.1 Å². The average Bonchev–Trinajstić information content (AvgIpc) is 2.62. The maximum Gasteiger partial charge on any atom is 0.263 e. The monoisotopic (exact) mass is 403 g/mol. The van der Waals surface area contributed by atoms with Gasteiger partial charge in [0.25, 0.3) is 5.91 Å². The van der Waals surface area contributed by atoms with Crippen LogP contribution in [0.4, 0.5) is 5.69 Å². The number of amides is 1. The number of hydrazone groups is 1. The lowest BCUT2D eigenvalue weighted by atomic mass is 10.2. The Morgan fingerprint density at radius 2 is 1.68 bits per heavy atom. The molecule has 0 bridgehead atoms. The molecule has 0 heterocycles. The molecular formula is C20H25N3O4S. The zero-order valence-electron chi connectivity index (χ0n) is 16.4. The van der Waals surface area contributed by atoms with E-state index < -0.39 is 22.0 Å². The lowest BCUT2D eigenvalue weighted by Crippen LogP contribution is -2.46. The van der Waals surface area contributed by atoms with Crippen molar-refractivity contribution in [3.8, 4) is 5.75 Å². The van der Waals surface area contributed by atoms with Gasteiger partial charge in [-0.15, -0.1) is 0 Å². The molecule has 1 N–H and O–H groups in total. The van der Waals surface area contributed by atoms with Gasteiger partial charge in [0.05, 0.1) is 24.3 Å². The van der Waals surface area contributed by atoms with Gasteiger partial charge in [0.1, 0.15) is 11.8 Å². The van der Waals surface area contributed by atoms with Gasteiger partial charge in [0, 0.05) is 0 Å². The number of nitrogens with one attached hydrogen (secondary N) is 1. The first-order valence-electron chi connectivity index (χ1n) is 8.82. The van der Waals surface area contributed by atoms with Gasteiger partial charge in [-0.2, -0.15) is 5.10 Å². The predicted octanol–water partition coefficient (Wildman–Crippen LogP) is 2.78. The summed E-state index contributed by atoms with van der Waals surface area (Å²) in [5.74, 6) is 0.210. The van der Waals surface area contributed by atoms with Gasteiger partial charge in [-0.1, -0.05) is 18.2 Å². The third kappa shape index (κ3) is 6.09. The highest BCUT2D eigenvalue weighted by Gasteiger charge is 2.28. The number of nitrogens with zero attached hydrogens (tertiary/aromatic N) is 2. The molecule has 0 saturated heterocycles. The maximum atomic E-state index is 12.4. The van der Waals surface area contributed by atoms with Crippen molar-refractivity contribution in [1.29, 1.82) is 0 Å². The van der Waals surface area contributed by atoms with E-state index in [-0.39, 0.29) is 6.10 Å². The predicted molar refractivity (Wildman–Crippen MR) is 111 cm³/mol. The van der Waals surface area contributed by atoms with Gasteiger partial charge in [0.2, 0.25) is 10.0 Å². The van der Waals surface area contributed by atoms with E-state index in [1.54, 1.807) is 30.3 Å². The van der Waals surface area contributed by atoms with Crippen LogP contribution >= 0.6 is 0 Å². The molecule has 0 radical (unpaired) electrons. The Kier molecular flexibility index (Phi) is 7.17. The summed E-state index contributed by atoms with van der Waals surface area (Å²) in [6.07, 6.45) is 2.63. The zero-order chi connectivity index (χ0) is 20.7. The summed E-state index contributed by atoms with van der Waals surface area (Å²) in [5.41, 5.74) is 3.58. The standard InChI is InChI=1S/C20H25N3O4S/c1-15(2)27-19-12-10-17(11-13-19)14-21-22-20(24)16(3)23(28(4,25)26)18-8-6-5-7-9-18/h5-16H,1-4H3,(H,22,24)/b21-14-/t16-/m1/s1. The summed E-state index contributed by atoms with van der Waals surface area (Å²) in [6.45, 7) is 5.40. The molecule has 1 atom stereocenters. The highest BCUT2D eigenvalue weighted by atomic mass is 32.2. The van der Waals surface area contributed by atoms with Crippen LogP contribution in [0.5, 0.6) is 5.75 Å². The molecule has 1 amide bonds. The Balaban J connectivity index is 2.05. The Hall–Kier alpha value is -2.87. The second kappa shape index (κ2) is 9.36. The first-order valence-corrected chi connectivity index (χ1v) is 10.7. The highest BCUT2D eigenvalue weighted by Crippen LogP contribution is 2.20. The van der Waals surface area contributed by atoms with Gasteiger partial charge in [-0.3, -0.25) is 9.10 Å². The number of hydrogen-bond acceptors (Lipinski definition) is 5. The van der Waals surface area contributed by atoms with Crippen LogP contribution in [0, 0.1) is 0 Å². The third-order valence-electron chi connectivity index (χ3n) is 3.74. The number of sulfonamides is 1. The van der Waals surface area contributed by atoms with Gasteiger partial charge in [-0.25, -0.2) is 13.8 Å². The van der Waals surface area contributed by atoms with Crippen molar-refractivity contribution in [3.63, 3.8) is 0 Å². The van der Waals surface area contributed by atoms with Crippen LogP contribution in [0.25, 0.3) is 0 Å². The van der Waals surface area contributed by atoms with Gasteiger partial charge < -0.3 is 4.74 Å². The Labute approximate surface area is 166 Å². The number of para-hydroxylation sites is 1.